The van der Waals surface area contributed by atoms with Gasteiger partial charge < -0.3 is 15.2 Å². The van der Waals surface area contributed by atoms with E-state index >= 15 is 0 Å². The van der Waals surface area contributed by atoms with Crippen LogP contribution in [0.5, 0.6) is 5.75 Å². The molecule has 4 rings (SSSR count). The fourth-order valence-electron chi connectivity index (χ4n) is 3.13. The highest BCUT2D eigenvalue weighted by molar-refractivity contribution is 6.10. The van der Waals surface area contributed by atoms with Crippen LogP contribution in [0.25, 0.3) is 10.8 Å². The van der Waals surface area contributed by atoms with E-state index in [4.69, 9.17) is 4.74 Å². The van der Waals surface area contributed by atoms with Crippen molar-refractivity contribution in [1.82, 2.24) is 0 Å². The van der Waals surface area contributed by atoms with Gasteiger partial charge in [-0.3, -0.25) is 14.5 Å². The second-order valence-corrected chi connectivity index (χ2v) is 6.34. The molecular weight excluding hydrogens is 360 g/mol. The molecule has 0 saturated carbocycles. The Hall–Kier alpha value is -3.87. The summed E-state index contributed by atoms with van der Waals surface area (Å²) >= 11 is 0. The van der Waals surface area contributed by atoms with Crippen LogP contribution in [0.4, 0.5) is 11.4 Å². The van der Waals surface area contributed by atoms with Crippen LogP contribution >= 0.6 is 0 Å². The smallest absolute Gasteiger partial charge is 0.342 e. The summed E-state index contributed by atoms with van der Waals surface area (Å²) in [6, 6.07) is 17.1. The van der Waals surface area contributed by atoms with Gasteiger partial charge in [0.25, 0.3) is 5.91 Å². The first-order valence-corrected chi connectivity index (χ1v) is 8.61. The van der Waals surface area contributed by atoms with E-state index in [-0.39, 0.29) is 23.8 Å². The van der Waals surface area contributed by atoms with E-state index in [1.165, 1.54) is 17.0 Å². The van der Waals surface area contributed by atoms with Gasteiger partial charge >= 0.3 is 5.97 Å². The third-order valence-electron chi connectivity index (χ3n) is 4.48. The van der Waals surface area contributed by atoms with Crippen molar-refractivity contribution in [3.05, 3.63) is 66.2 Å². The largest absolute Gasteiger partial charge is 0.507 e. The first kappa shape index (κ1) is 17.5. The third kappa shape index (κ3) is 3.25. The highest BCUT2D eigenvalue weighted by Gasteiger charge is 2.27. The number of nitrogens with zero attached hydrogens (tertiary/aromatic N) is 1. The lowest BCUT2D eigenvalue weighted by Gasteiger charge is -2.28. The Morgan fingerprint density at radius 3 is 2.50 bits per heavy atom. The zero-order chi connectivity index (χ0) is 19.7. The Morgan fingerprint density at radius 1 is 1.04 bits per heavy atom. The van der Waals surface area contributed by atoms with Gasteiger partial charge in [-0.25, -0.2) is 4.79 Å². The predicted octanol–water partition coefficient (Wildman–Crippen LogP) is 2.69. The minimum atomic E-state index is -0.814. The number of benzene rings is 3. The van der Waals surface area contributed by atoms with E-state index in [1.807, 2.05) is 18.2 Å². The van der Waals surface area contributed by atoms with Crippen LogP contribution in [0.15, 0.2) is 60.7 Å². The van der Waals surface area contributed by atoms with E-state index in [0.717, 1.165) is 10.8 Å². The molecule has 28 heavy (non-hydrogen) atoms. The van der Waals surface area contributed by atoms with Crippen LogP contribution in [0.1, 0.15) is 10.4 Å². The molecule has 140 valence electrons. The number of hydrogen-bond donors (Lipinski definition) is 2. The Bertz CT molecular complexity index is 1110. The highest BCUT2D eigenvalue weighted by Crippen LogP contribution is 2.29. The van der Waals surface area contributed by atoms with Crippen molar-refractivity contribution in [1.29, 1.82) is 0 Å². The van der Waals surface area contributed by atoms with Crippen molar-refractivity contribution in [2.24, 2.45) is 0 Å². The summed E-state index contributed by atoms with van der Waals surface area (Å²) in [6.07, 6.45) is 0. The topological polar surface area (TPSA) is 95.9 Å². The van der Waals surface area contributed by atoms with Crippen LogP contribution < -0.4 is 10.2 Å². The van der Waals surface area contributed by atoms with Gasteiger partial charge in [0.05, 0.1) is 11.4 Å². The number of amides is 2. The van der Waals surface area contributed by atoms with Gasteiger partial charge in [0.1, 0.15) is 17.9 Å². The second kappa shape index (κ2) is 7.03. The molecule has 3 aromatic carbocycles. The van der Waals surface area contributed by atoms with Crippen molar-refractivity contribution in [3.63, 3.8) is 0 Å². The second-order valence-electron chi connectivity index (χ2n) is 6.34. The van der Waals surface area contributed by atoms with E-state index in [9.17, 15) is 19.5 Å². The Balaban J connectivity index is 1.50. The summed E-state index contributed by atoms with van der Waals surface area (Å²) in [5.74, 6) is -1.90. The Morgan fingerprint density at radius 2 is 1.71 bits per heavy atom. The molecule has 1 aliphatic heterocycles. The first-order chi connectivity index (χ1) is 13.5. The monoisotopic (exact) mass is 376 g/mol. The summed E-state index contributed by atoms with van der Waals surface area (Å²) in [6.45, 7) is -0.707. The van der Waals surface area contributed by atoms with Gasteiger partial charge in [-0.2, -0.15) is 0 Å². The van der Waals surface area contributed by atoms with Crippen molar-refractivity contribution < 1.29 is 24.2 Å². The molecule has 1 heterocycles. The summed E-state index contributed by atoms with van der Waals surface area (Å²) in [7, 11) is 0. The van der Waals surface area contributed by atoms with Crippen LogP contribution in [-0.2, 0) is 14.3 Å². The number of nitrogens with one attached hydrogen (secondary N) is 1. The first-order valence-electron chi connectivity index (χ1n) is 8.61. The lowest BCUT2D eigenvalue weighted by molar-refractivity contribution is -0.124. The minimum Gasteiger partial charge on any atom is -0.507 e. The molecule has 0 fully saturated rings. The van der Waals surface area contributed by atoms with Crippen LogP contribution in [-0.4, -0.2) is 36.0 Å². The third-order valence-corrected chi connectivity index (χ3v) is 4.48. The minimum absolute atomic E-state index is 0.0247. The zero-order valence-electron chi connectivity index (χ0n) is 14.7. The van der Waals surface area contributed by atoms with Gasteiger partial charge in [0.2, 0.25) is 5.91 Å². The van der Waals surface area contributed by atoms with Crippen molar-refractivity contribution in [3.8, 4) is 5.75 Å². The molecule has 0 bridgehead atoms. The molecule has 2 amide bonds. The molecule has 3 aromatic rings. The van der Waals surface area contributed by atoms with Crippen LogP contribution in [0.2, 0.25) is 0 Å². The molecule has 0 aliphatic carbocycles. The summed E-state index contributed by atoms with van der Waals surface area (Å²) in [4.78, 5) is 38.0. The molecule has 0 aromatic heterocycles. The summed E-state index contributed by atoms with van der Waals surface area (Å²) in [5.41, 5.74) is 1.03. The van der Waals surface area contributed by atoms with Crippen molar-refractivity contribution in [2.75, 3.05) is 23.4 Å². The number of hydrogen-bond acceptors (Lipinski definition) is 5. The van der Waals surface area contributed by atoms with Gasteiger partial charge in [0.15, 0.2) is 6.61 Å². The van der Waals surface area contributed by atoms with E-state index in [1.54, 1.807) is 30.3 Å². The number of para-hydroxylation sites is 2. The van der Waals surface area contributed by atoms with Crippen LogP contribution in [0.3, 0.4) is 0 Å². The molecule has 0 radical (unpaired) electrons. The molecule has 7 heteroatoms. The maximum absolute atomic E-state index is 12.5. The normalized spacial score (nSPS) is 13.0. The number of ether oxygens (including phenoxy) is 1. The van der Waals surface area contributed by atoms with Crippen molar-refractivity contribution >= 4 is 39.9 Å². The molecule has 7 nitrogen and oxygen atoms in total. The van der Waals surface area contributed by atoms with Crippen LogP contribution in [0, 0.1) is 0 Å². The molecular formula is C21H16N2O5. The SMILES string of the molecule is O=C1CN(C(=O)COC(=O)c2cc3ccccc3cc2O)c2ccccc2N1. The lowest BCUT2D eigenvalue weighted by Crippen LogP contribution is -2.44. The standard InChI is InChI=1S/C21H16N2O5/c24-18-10-14-6-2-1-5-13(14)9-15(18)21(27)28-12-20(26)23-11-19(25)22-16-7-3-4-8-17(16)23/h1-10,24H,11-12H2,(H,22,25). The molecule has 0 atom stereocenters. The number of esters is 1. The predicted molar refractivity (Wildman–Crippen MR) is 103 cm³/mol. The lowest BCUT2D eigenvalue weighted by atomic mass is 10.1. The summed E-state index contributed by atoms with van der Waals surface area (Å²) in [5, 5.41) is 14.3. The molecule has 0 saturated heterocycles. The average molecular weight is 376 g/mol. The molecule has 2 N–H and O–H groups in total. The number of phenols is 1. The highest BCUT2D eigenvalue weighted by atomic mass is 16.5. The number of phenolic OH excluding ortho intramolecular Hbond substituents is 1. The Labute approximate surface area is 160 Å². The number of carbonyl (C=O) groups is 3. The fourth-order valence-corrected chi connectivity index (χ4v) is 3.13. The number of anilines is 2. The number of carbonyl (C=O) groups excluding carboxylic acids is 3. The maximum Gasteiger partial charge on any atom is 0.342 e. The molecule has 0 spiro atoms. The number of rotatable bonds is 3. The number of fused-ring (bicyclic) bond motifs is 2. The van der Waals surface area contributed by atoms with E-state index in [0.29, 0.717) is 11.4 Å². The quantitative estimate of drug-likeness (QED) is 0.685. The average Bonchev–Trinajstić information content (AvgIpc) is 2.70. The van der Waals surface area contributed by atoms with Gasteiger partial charge in [0, 0.05) is 0 Å². The molecule has 1 aliphatic rings. The van der Waals surface area contributed by atoms with E-state index < -0.39 is 18.5 Å². The zero-order valence-corrected chi connectivity index (χ0v) is 14.7. The number of aromatic hydroxyl groups is 1. The van der Waals surface area contributed by atoms with Crippen molar-refractivity contribution in [2.45, 2.75) is 0 Å². The fraction of sp³-hybridized carbons (Fsp3) is 0.0952. The van der Waals surface area contributed by atoms with E-state index in [2.05, 4.69) is 5.32 Å². The van der Waals surface area contributed by atoms with Gasteiger partial charge in [-0.15, -0.1) is 0 Å². The van der Waals surface area contributed by atoms with Gasteiger partial charge in [-0.1, -0.05) is 36.4 Å². The molecule has 0 unspecified atom stereocenters. The maximum atomic E-state index is 12.5. The summed E-state index contributed by atoms with van der Waals surface area (Å²) < 4.78 is 5.10. The van der Waals surface area contributed by atoms with Gasteiger partial charge in [-0.05, 0) is 35.0 Å². The Kier molecular flexibility index (Phi) is 4.41.